The van der Waals surface area contributed by atoms with Gasteiger partial charge in [-0.1, -0.05) is 38.1 Å². The molecule has 1 aromatic heterocycles. The zero-order valence-electron chi connectivity index (χ0n) is 15.0. The molecule has 2 N–H and O–H groups in total. The van der Waals surface area contributed by atoms with Crippen LogP contribution in [0.25, 0.3) is 0 Å². The molecule has 0 saturated carbocycles. The molecule has 0 bridgehead atoms. The van der Waals surface area contributed by atoms with Crippen molar-refractivity contribution in [2.45, 2.75) is 45.1 Å². The van der Waals surface area contributed by atoms with Crippen molar-refractivity contribution in [3.63, 3.8) is 0 Å². The summed E-state index contributed by atoms with van der Waals surface area (Å²) in [7, 11) is 0. The van der Waals surface area contributed by atoms with Crippen LogP contribution in [-0.4, -0.2) is 34.0 Å². The van der Waals surface area contributed by atoms with Crippen molar-refractivity contribution >= 4 is 24.0 Å². The van der Waals surface area contributed by atoms with E-state index in [9.17, 15) is 4.79 Å². The molecule has 6 nitrogen and oxygen atoms in total. The number of aromatic nitrogens is 3. The summed E-state index contributed by atoms with van der Waals surface area (Å²) in [5, 5.41) is 14.4. The van der Waals surface area contributed by atoms with Crippen molar-refractivity contribution in [1.82, 2.24) is 20.3 Å². The molecule has 1 aliphatic rings. The van der Waals surface area contributed by atoms with Gasteiger partial charge in [0.05, 0.1) is 12.2 Å². The lowest BCUT2D eigenvalue weighted by molar-refractivity contribution is 0.102. The minimum absolute atomic E-state index is 0. The molecule has 7 heteroatoms. The maximum Gasteiger partial charge on any atom is 0.277 e. The van der Waals surface area contributed by atoms with E-state index in [-0.39, 0.29) is 23.7 Å². The van der Waals surface area contributed by atoms with Crippen LogP contribution in [0.15, 0.2) is 30.5 Å². The Morgan fingerprint density at radius 1 is 1.20 bits per heavy atom. The minimum Gasteiger partial charge on any atom is -0.321 e. The molecular formula is C18H26ClN5O. The van der Waals surface area contributed by atoms with Crippen LogP contribution in [0.2, 0.25) is 0 Å². The highest BCUT2D eigenvalue weighted by Gasteiger charge is 2.19. The van der Waals surface area contributed by atoms with Gasteiger partial charge in [-0.15, -0.1) is 17.5 Å². The topological polar surface area (TPSA) is 71.8 Å². The lowest BCUT2D eigenvalue weighted by Gasteiger charge is -2.22. The van der Waals surface area contributed by atoms with E-state index in [0.717, 1.165) is 31.6 Å². The Bertz CT molecular complexity index is 699. The Morgan fingerprint density at radius 2 is 1.84 bits per heavy atom. The second-order valence-corrected chi connectivity index (χ2v) is 7.35. The quantitative estimate of drug-likeness (QED) is 0.878. The lowest BCUT2D eigenvalue weighted by atomic mass is 9.87. The maximum absolute atomic E-state index is 12.4. The first-order chi connectivity index (χ1) is 11.4. The normalized spacial score (nSPS) is 15.5. The Morgan fingerprint density at radius 3 is 2.44 bits per heavy atom. The third kappa shape index (κ3) is 4.80. The summed E-state index contributed by atoms with van der Waals surface area (Å²) >= 11 is 0. The van der Waals surface area contributed by atoms with Crippen LogP contribution in [0.4, 0.5) is 5.69 Å². The average molecular weight is 364 g/mol. The highest BCUT2D eigenvalue weighted by Crippen LogP contribution is 2.23. The minimum atomic E-state index is -0.223. The number of benzene rings is 1. The fraction of sp³-hybridized carbons (Fsp3) is 0.500. The number of hydrogen-bond acceptors (Lipinski definition) is 4. The third-order valence-electron chi connectivity index (χ3n) is 4.43. The number of nitrogens with one attached hydrogen (secondary N) is 2. The van der Waals surface area contributed by atoms with Crippen LogP contribution in [0.1, 0.15) is 55.7 Å². The molecule has 25 heavy (non-hydrogen) atoms. The molecule has 0 aliphatic carbocycles. The van der Waals surface area contributed by atoms with Gasteiger partial charge in [-0.25, -0.2) is 4.68 Å². The van der Waals surface area contributed by atoms with Crippen molar-refractivity contribution in [2.24, 2.45) is 0 Å². The Labute approximate surface area is 154 Å². The molecule has 2 heterocycles. The summed E-state index contributed by atoms with van der Waals surface area (Å²) in [5.41, 5.74) is 2.45. The molecule has 0 unspecified atom stereocenters. The zero-order valence-corrected chi connectivity index (χ0v) is 15.8. The number of rotatable bonds is 3. The van der Waals surface area contributed by atoms with Gasteiger partial charge in [-0.3, -0.25) is 4.79 Å². The number of carbonyl (C=O) groups excluding carboxylic acids is 1. The van der Waals surface area contributed by atoms with Crippen LogP contribution < -0.4 is 10.6 Å². The van der Waals surface area contributed by atoms with Crippen molar-refractivity contribution < 1.29 is 4.79 Å². The molecular weight excluding hydrogens is 338 g/mol. The number of piperidine rings is 1. The largest absolute Gasteiger partial charge is 0.321 e. The molecule has 3 rings (SSSR count). The van der Waals surface area contributed by atoms with E-state index in [2.05, 4.69) is 41.7 Å². The molecule has 0 spiro atoms. The smallest absolute Gasteiger partial charge is 0.277 e. The Kier molecular flexibility index (Phi) is 6.19. The molecule has 0 atom stereocenters. The highest BCUT2D eigenvalue weighted by molar-refractivity contribution is 6.02. The van der Waals surface area contributed by atoms with Crippen LogP contribution in [0.5, 0.6) is 0 Å². The van der Waals surface area contributed by atoms with E-state index < -0.39 is 0 Å². The van der Waals surface area contributed by atoms with Crippen LogP contribution >= 0.6 is 12.4 Å². The van der Waals surface area contributed by atoms with Gasteiger partial charge < -0.3 is 10.6 Å². The number of hydrogen-bond donors (Lipinski definition) is 2. The Hall–Kier alpha value is -1.92. The first-order valence-corrected chi connectivity index (χ1v) is 8.48. The van der Waals surface area contributed by atoms with Crippen molar-refractivity contribution in [2.75, 3.05) is 18.4 Å². The van der Waals surface area contributed by atoms with E-state index >= 15 is 0 Å². The SMILES string of the molecule is CC(C)(C)c1ccc(NC(=O)c2cn(C3CCNCC3)nn2)cc1.Cl. The molecule has 1 amide bonds. The van der Waals surface area contributed by atoms with E-state index in [0.29, 0.717) is 11.7 Å². The third-order valence-corrected chi connectivity index (χ3v) is 4.43. The lowest BCUT2D eigenvalue weighted by Crippen LogP contribution is -2.29. The van der Waals surface area contributed by atoms with Crippen LogP contribution in [0.3, 0.4) is 0 Å². The second kappa shape index (κ2) is 7.97. The maximum atomic E-state index is 12.4. The van der Waals surface area contributed by atoms with Gasteiger partial charge in [-0.2, -0.15) is 0 Å². The molecule has 1 fully saturated rings. The van der Waals surface area contributed by atoms with Crippen LogP contribution in [-0.2, 0) is 5.41 Å². The van der Waals surface area contributed by atoms with Gasteiger partial charge >= 0.3 is 0 Å². The van der Waals surface area contributed by atoms with E-state index in [1.165, 1.54) is 5.56 Å². The van der Waals surface area contributed by atoms with E-state index in [1.807, 2.05) is 28.9 Å². The fourth-order valence-electron chi connectivity index (χ4n) is 2.88. The molecule has 1 aliphatic heterocycles. The predicted molar refractivity (Wildman–Crippen MR) is 102 cm³/mol. The number of amides is 1. The first-order valence-electron chi connectivity index (χ1n) is 8.48. The van der Waals surface area contributed by atoms with E-state index in [4.69, 9.17) is 0 Å². The van der Waals surface area contributed by atoms with E-state index in [1.54, 1.807) is 6.20 Å². The zero-order chi connectivity index (χ0) is 17.2. The number of nitrogens with zero attached hydrogens (tertiary/aromatic N) is 3. The summed E-state index contributed by atoms with van der Waals surface area (Å²) in [4.78, 5) is 12.4. The summed E-state index contributed by atoms with van der Waals surface area (Å²) in [6, 6.07) is 8.26. The summed E-state index contributed by atoms with van der Waals surface area (Å²) in [6.45, 7) is 8.46. The molecule has 1 aromatic carbocycles. The molecule has 136 valence electrons. The predicted octanol–water partition coefficient (Wildman–Crippen LogP) is 3.17. The standard InChI is InChI=1S/C18H25N5O.ClH/c1-18(2,3)13-4-6-14(7-5-13)20-17(24)16-12-23(22-21-16)15-8-10-19-11-9-15;/h4-7,12,15,19H,8-11H2,1-3H3,(H,20,24);1H. The van der Waals surface area contributed by atoms with Crippen LogP contribution in [0, 0.1) is 0 Å². The number of halogens is 1. The molecule has 2 aromatic rings. The van der Waals surface area contributed by atoms with Gasteiger partial charge in [0.25, 0.3) is 5.91 Å². The van der Waals surface area contributed by atoms with Gasteiger partial charge in [0, 0.05) is 5.69 Å². The van der Waals surface area contributed by atoms with Crippen molar-refractivity contribution in [3.05, 3.63) is 41.7 Å². The van der Waals surface area contributed by atoms with Crippen molar-refractivity contribution in [3.8, 4) is 0 Å². The average Bonchev–Trinajstić information content (AvgIpc) is 3.05. The van der Waals surface area contributed by atoms with Gasteiger partial charge in [0.15, 0.2) is 5.69 Å². The molecule has 0 radical (unpaired) electrons. The molecule has 1 saturated heterocycles. The fourth-order valence-corrected chi connectivity index (χ4v) is 2.88. The highest BCUT2D eigenvalue weighted by atomic mass is 35.5. The Balaban J connectivity index is 0.00000225. The van der Waals surface area contributed by atoms with Crippen molar-refractivity contribution in [1.29, 1.82) is 0 Å². The van der Waals surface area contributed by atoms with Gasteiger partial charge in [0.2, 0.25) is 0 Å². The number of anilines is 1. The van der Waals surface area contributed by atoms with Gasteiger partial charge in [0.1, 0.15) is 0 Å². The van der Waals surface area contributed by atoms with Gasteiger partial charge in [-0.05, 0) is 49.0 Å². The second-order valence-electron chi connectivity index (χ2n) is 7.35. The number of carbonyl (C=O) groups is 1. The summed E-state index contributed by atoms with van der Waals surface area (Å²) in [6.07, 6.45) is 3.77. The summed E-state index contributed by atoms with van der Waals surface area (Å²) < 4.78 is 1.82. The monoisotopic (exact) mass is 363 g/mol. The first kappa shape index (κ1) is 19.4. The summed E-state index contributed by atoms with van der Waals surface area (Å²) in [5.74, 6) is -0.223.